The number of carbonyl (C=O) groups excluding carboxylic acids is 1. The number of hydrogen-bond acceptors (Lipinski definition) is 5. The highest BCUT2D eigenvalue weighted by Crippen LogP contribution is 2.29. The molecule has 1 amide bonds. The van der Waals surface area contributed by atoms with Gasteiger partial charge in [-0.15, -0.1) is 22.0 Å². The van der Waals surface area contributed by atoms with Gasteiger partial charge in [-0.05, 0) is 36.0 Å². The lowest BCUT2D eigenvalue weighted by atomic mass is 9.87. The van der Waals surface area contributed by atoms with E-state index in [2.05, 4.69) is 61.4 Å². The summed E-state index contributed by atoms with van der Waals surface area (Å²) in [5.74, 6) is 0.324. The van der Waals surface area contributed by atoms with Gasteiger partial charge in [0.2, 0.25) is 11.0 Å². The molecule has 0 spiro atoms. The first-order valence-corrected chi connectivity index (χ1v) is 9.46. The lowest BCUT2D eigenvalue weighted by Crippen LogP contribution is -2.14. The van der Waals surface area contributed by atoms with Crippen molar-refractivity contribution in [1.82, 2.24) is 10.2 Å². The van der Waals surface area contributed by atoms with Crippen LogP contribution in [0.1, 0.15) is 43.8 Å². The standard InChI is InChI=1S/C17H23N3OS2/c1-6-15-19-20-16(23-15)18-14(21)10-22-13-9-12(17(3,4)5)8-7-11(13)2/h7-9H,6,10H2,1-5H3,(H,18,20,21). The molecule has 1 aromatic heterocycles. The van der Waals surface area contributed by atoms with Gasteiger partial charge in [0.1, 0.15) is 5.01 Å². The minimum Gasteiger partial charge on any atom is -0.300 e. The van der Waals surface area contributed by atoms with Crippen molar-refractivity contribution < 1.29 is 4.79 Å². The summed E-state index contributed by atoms with van der Waals surface area (Å²) in [6.45, 7) is 10.7. The third-order valence-corrected chi connectivity index (χ3v) is 5.57. The number of thioether (sulfide) groups is 1. The van der Waals surface area contributed by atoms with E-state index >= 15 is 0 Å². The second-order valence-corrected chi connectivity index (χ2v) is 8.50. The van der Waals surface area contributed by atoms with Crippen molar-refractivity contribution in [3.63, 3.8) is 0 Å². The maximum absolute atomic E-state index is 12.1. The quantitative estimate of drug-likeness (QED) is 0.811. The zero-order valence-corrected chi connectivity index (χ0v) is 15.9. The Hall–Kier alpha value is -1.40. The van der Waals surface area contributed by atoms with Crippen LogP contribution in [-0.2, 0) is 16.6 Å². The molecule has 0 radical (unpaired) electrons. The van der Waals surface area contributed by atoms with Crippen molar-refractivity contribution in [1.29, 1.82) is 0 Å². The van der Waals surface area contributed by atoms with Crippen molar-refractivity contribution >= 4 is 34.1 Å². The van der Waals surface area contributed by atoms with Crippen LogP contribution in [0.15, 0.2) is 23.1 Å². The Balaban J connectivity index is 1.98. The second kappa shape index (κ2) is 7.45. The van der Waals surface area contributed by atoms with Gasteiger partial charge in [-0.25, -0.2) is 0 Å². The van der Waals surface area contributed by atoms with Crippen LogP contribution in [0.5, 0.6) is 0 Å². The largest absolute Gasteiger partial charge is 0.300 e. The Morgan fingerprint density at radius 3 is 2.65 bits per heavy atom. The zero-order chi connectivity index (χ0) is 17.0. The molecule has 0 atom stereocenters. The average Bonchev–Trinajstić information content (AvgIpc) is 2.92. The van der Waals surface area contributed by atoms with E-state index in [1.807, 2.05) is 6.92 Å². The maximum atomic E-state index is 12.1. The minimum atomic E-state index is -0.0469. The monoisotopic (exact) mass is 349 g/mol. The molecule has 0 bridgehead atoms. The molecule has 4 nitrogen and oxygen atoms in total. The summed E-state index contributed by atoms with van der Waals surface area (Å²) < 4.78 is 0. The fourth-order valence-electron chi connectivity index (χ4n) is 1.97. The summed E-state index contributed by atoms with van der Waals surface area (Å²) in [5.41, 5.74) is 2.58. The first-order chi connectivity index (χ1) is 10.8. The van der Waals surface area contributed by atoms with Gasteiger partial charge in [0.15, 0.2) is 0 Å². The van der Waals surface area contributed by atoms with Crippen LogP contribution in [0.25, 0.3) is 0 Å². The number of aromatic nitrogens is 2. The number of nitrogens with zero attached hydrogens (tertiary/aromatic N) is 2. The predicted octanol–water partition coefficient (Wildman–Crippen LogP) is 4.44. The van der Waals surface area contributed by atoms with Crippen LogP contribution in [0.2, 0.25) is 0 Å². The normalized spacial score (nSPS) is 11.5. The number of amides is 1. The number of hydrogen-bond donors (Lipinski definition) is 1. The van der Waals surface area contributed by atoms with Crippen LogP contribution in [0.4, 0.5) is 5.13 Å². The predicted molar refractivity (Wildman–Crippen MR) is 98.5 cm³/mol. The van der Waals surface area contributed by atoms with Gasteiger partial charge >= 0.3 is 0 Å². The molecule has 0 unspecified atom stereocenters. The van der Waals surface area contributed by atoms with Crippen molar-refractivity contribution in [3.05, 3.63) is 34.3 Å². The fraction of sp³-hybridized carbons (Fsp3) is 0.471. The van der Waals surface area contributed by atoms with E-state index in [4.69, 9.17) is 0 Å². The van der Waals surface area contributed by atoms with Gasteiger partial charge < -0.3 is 0 Å². The van der Waals surface area contributed by atoms with E-state index in [1.54, 1.807) is 11.8 Å². The topological polar surface area (TPSA) is 54.9 Å². The molecule has 6 heteroatoms. The Labute approximate surface area is 146 Å². The lowest BCUT2D eigenvalue weighted by Gasteiger charge is -2.20. The van der Waals surface area contributed by atoms with E-state index < -0.39 is 0 Å². The molecule has 0 saturated heterocycles. The summed E-state index contributed by atoms with van der Waals surface area (Å²) in [6.07, 6.45) is 0.834. The third-order valence-electron chi connectivity index (χ3n) is 3.43. The molecule has 0 fully saturated rings. The molecule has 0 aliphatic heterocycles. The van der Waals surface area contributed by atoms with Crippen LogP contribution in [0.3, 0.4) is 0 Å². The molecule has 1 heterocycles. The highest BCUT2D eigenvalue weighted by Gasteiger charge is 2.15. The lowest BCUT2D eigenvalue weighted by molar-refractivity contribution is -0.113. The highest BCUT2D eigenvalue weighted by molar-refractivity contribution is 8.00. The molecule has 2 aromatic rings. The Morgan fingerprint density at radius 2 is 2.04 bits per heavy atom. The summed E-state index contributed by atoms with van der Waals surface area (Å²) in [5, 5.41) is 12.3. The van der Waals surface area contributed by atoms with E-state index in [1.165, 1.54) is 22.5 Å². The van der Waals surface area contributed by atoms with Gasteiger partial charge in [-0.2, -0.15) is 0 Å². The molecule has 1 N–H and O–H groups in total. The molecule has 1 aromatic carbocycles. The number of aryl methyl sites for hydroxylation is 2. The number of carbonyl (C=O) groups is 1. The van der Waals surface area contributed by atoms with E-state index in [0.29, 0.717) is 10.9 Å². The van der Waals surface area contributed by atoms with Gasteiger partial charge in [0, 0.05) is 4.90 Å². The van der Waals surface area contributed by atoms with Crippen LogP contribution in [0, 0.1) is 6.92 Å². The van der Waals surface area contributed by atoms with Crippen molar-refractivity contribution in [3.8, 4) is 0 Å². The van der Waals surface area contributed by atoms with Gasteiger partial charge in [-0.1, -0.05) is 51.2 Å². The van der Waals surface area contributed by atoms with Crippen LogP contribution in [-0.4, -0.2) is 21.9 Å². The summed E-state index contributed by atoms with van der Waals surface area (Å²) >= 11 is 2.99. The minimum absolute atomic E-state index is 0.0469. The molecule has 2 rings (SSSR count). The second-order valence-electron chi connectivity index (χ2n) is 6.42. The van der Waals surface area contributed by atoms with E-state index in [-0.39, 0.29) is 11.3 Å². The Bertz CT molecular complexity index is 689. The first kappa shape index (κ1) is 17.9. The van der Waals surface area contributed by atoms with Crippen molar-refractivity contribution in [2.45, 2.75) is 51.3 Å². The SMILES string of the molecule is CCc1nnc(NC(=O)CSc2cc(C(C)(C)C)ccc2C)s1. The average molecular weight is 350 g/mol. The molecular formula is C17H23N3OS2. The van der Waals surface area contributed by atoms with E-state index in [0.717, 1.165) is 16.3 Å². The molecule has 124 valence electrons. The van der Waals surface area contributed by atoms with Gasteiger partial charge in [0.25, 0.3) is 0 Å². The van der Waals surface area contributed by atoms with Crippen molar-refractivity contribution in [2.75, 3.05) is 11.1 Å². The fourth-order valence-corrected chi connectivity index (χ4v) is 3.53. The number of nitrogens with one attached hydrogen (secondary N) is 1. The smallest absolute Gasteiger partial charge is 0.236 e. The third kappa shape index (κ3) is 5.04. The first-order valence-electron chi connectivity index (χ1n) is 7.65. The molecular weight excluding hydrogens is 326 g/mol. The molecule has 0 saturated carbocycles. The van der Waals surface area contributed by atoms with Crippen molar-refractivity contribution in [2.24, 2.45) is 0 Å². The number of benzene rings is 1. The Morgan fingerprint density at radius 1 is 1.30 bits per heavy atom. The van der Waals surface area contributed by atoms with Gasteiger partial charge in [0.05, 0.1) is 5.75 Å². The number of anilines is 1. The van der Waals surface area contributed by atoms with Gasteiger partial charge in [-0.3, -0.25) is 10.1 Å². The van der Waals surface area contributed by atoms with Crippen LogP contribution < -0.4 is 5.32 Å². The summed E-state index contributed by atoms with van der Waals surface area (Å²) in [6, 6.07) is 6.47. The maximum Gasteiger partial charge on any atom is 0.236 e. The highest BCUT2D eigenvalue weighted by atomic mass is 32.2. The van der Waals surface area contributed by atoms with Crippen LogP contribution >= 0.6 is 23.1 Å². The molecule has 0 aliphatic carbocycles. The summed E-state index contributed by atoms with van der Waals surface area (Å²) in [7, 11) is 0. The summed E-state index contributed by atoms with van der Waals surface area (Å²) in [4.78, 5) is 13.2. The number of rotatable bonds is 5. The Kier molecular flexibility index (Phi) is 5.81. The van der Waals surface area contributed by atoms with E-state index in [9.17, 15) is 4.79 Å². The molecule has 0 aliphatic rings. The zero-order valence-electron chi connectivity index (χ0n) is 14.3. The molecule has 23 heavy (non-hydrogen) atoms.